The van der Waals surface area contributed by atoms with Crippen molar-refractivity contribution in [3.63, 3.8) is 0 Å². The van der Waals surface area contributed by atoms with Crippen molar-refractivity contribution < 1.29 is 9.66 Å². The van der Waals surface area contributed by atoms with Crippen LogP contribution in [-0.2, 0) is 11.3 Å². The van der Waals surface area contributed by atoms with Crippen LogP contribution in [0, 0.1) is 10.1 Å². The van der Waals surface area contributed by atoms with E-state index in [0.29, 0.717) is 5.69 Å². The molecule has 0 amide bonds. The van der Waals surface area contributed by atoms with Gasteiger partial charge in [-0.15, -0.1) is 0 Å². The van der Waals surface area contributed by atoms with Gasteiger partial charge in [-0.2, -0.15) is 5.10 Å². The molecule has 0 aliphatic rings. The number of halogens is 2. The Morgan fingerprint density at radius 1 is 1.58 bits per heavy atom. The van der Waals surface area contributed by atoms with Gasteiger partial charge in [-0.1, -0.05) is 33.6 Å². The molecule has 8 heteroatoms. The number of nitrogens with zero attached hydrogens (tertiary/aromatic N) is 3. The maximum atomic E-state index is 11.0. The summed E-state index contributed by atoms with van der Waals surface area (Å²) in [7, 11) is 1.44. The van der Waals surface area contributed by atoms with Crippen LogP contribution in [0.15, 0.2) is 28.7 Å². The lowest BCUT2D eigenvalue weighted by Crippen LogP contribution is -1.98. The highest BCUT2D eigenvalue weighted by Crippen LogP contribution is 2.31. The number of benzene rings is 1. The SMILES string of the molecule is COCc1nn(-c2cccc(Br)c2)c(Cl)c1[N+](=O)[O-]. The molecule has 0 saturated heterocycles. The van der Waals surface area contributed by atoms with E-state index in [-0.39, 0.29) is 23.1 Å². The summed E-state index contributed by atoms with van der Waals surface area (Å²) in [6.07, 6.45) is 0. The second-order valence-electron chi connectivity index (χ2n) is 3.67. The van der Waals surface area contributed by atoms with E-state index in [1.54, 1.807) is 18.2 Å². The first-order chi connectivity index (χ1) is 9.04. The first kappa shape index (κ1) is 14.0. The highest BCUT2D eigenvalue weighted by atomic mass is 79.9. The average molecular weight is 347 g/mol. The largest absolute Gasteiger partial charge is 0.378 e. The van der Waals surface area contributed by atoms with Crippen molar-refractivity contribution in [2.75, 3.05) is 7.11 Å². The fourth-order valence-electron chi connectivity index (χ4n) is 1.62. The van der Waals surface area contributed by atoms with Gasteiger partial charge in [0.1, 0.15) is 0 Å². The standard InChI is InChI=1S/C11H9BrClN3O3/c1-19-6-9-10(16(17)18)11(13)15(14-9)8-4-2-3-7(12)5-8/h2-5H,6H2,1H3. The van der Waals surface area contributed by atoms with Crippen molar-refractivity contribution in [1.82, 2.24) is 9.78 Å². The normalized spacial score (nSPS) is 10.7. The summed E-state index contributed by atoms with van der Waals surface area (Å²) in [5, 5.41) is 15.1. The van der Waals surface area contributed by atoms with E-state index >= 15 is 0 Å². The minimum atomic E-state index is -0.557. The monoisotopic (exact) mass is 345 g/mol. The lowest BCUT2D eigenvalue weighted by molar-refractivity contribution is -0.385. The van der Waals surface area contributed by atoms with Gasteiger partial charge < -0.3 is 4.74 Å². The van der Waals surface area contributed by atoms with Crippen LogP contribution < -0.4 is 0 Å². The molecule has 0 saturated carbocycles. The first-order valence-corrected chi connectivity index (χ1v) is 6.38. The molecule has 0 radical (unpaired) electrons. The highest BCUT2D eigenvalue weighted by molar-refractivity contribution is 9.10. The average Bonchev–Trinajstić information content (AvgIpc) is 2.67. The van der Waals surface area contributed by atoms with E-state index in [9.17, 15) is 10.1 Å². The molecule has 19 heavy (non-hydrogen) atoms. The second-order valence-corrected chi connectivity index (χ2v) is 4.94. The second kappa shape index (κ2) is 5.68. The Hall–Kier alpha value is -1.44. The number of methoxy groups -OCH3 is 1. The molecular weight excluding hydrogens is 337 g/mol. The summed E-state index contributed by atoms with van der Waals surface area (Å²) in [6, 6.07) is 7.15. The zero-order valence-corrected chi connectivity index (χ0v) is 12.2. The summed E-state index contributed by atoms with van der Waals surface area (Å²) in [4.78, 5) is 10.5. The van der Waals surface area contributed by atoms with Gasteiger partial charge in [0.05, 0.1) is 17.2 Å². The zero-order chi connectivity index (χ0) is 14.0. The van der Waals surface area contributed by atoms with Gasteiger partial charge in [0.2, 0.25) is 5.15 Å². The highest BCUT2D eigenvalue weighted by Gasteiger charge is 2.27. The van der Waals surface area contributed by atoms with Crippen LogP contribution in [0.5, 0.6) is 0 Å². The Morgan fingerprint density at radius 2 is 2.32 bits per heavy atom. The van der Waals surface area contributed by atoms with Crippen molar-refractivity contribution >= 4 is 33.2 Å². The number of hydrogen-bond acceptors (Lipinski definition) is 4. The molecule has 6 nitrogen and oxygen atoms in total. The maximum Gasteiger partial charge on any atom is 0.331 e. The predicted molar refractivity (Wildman–Crippen MR) is 73.6 cm³/mol. The predicted octanol–water partition coefficient (Wildman–Crippen LogP) is 3.34. The van der Waals surface area contributed by atoms with Crippen LogP contribution in [0.3, 0.4) is 0 Å². The molecule has 0 bridgehead atoms. The minimum absolute atomic E-state index is 0.0248. The molecule has 2 rings (SSSR count). The van der Waals surface area contributed by atoms with Crippen molar-refractivity contribution in [3.05, 3.63) is 49.7 Å². The summed E-state index contributed by atoms with van der Waals surface area (Å²) in [5.41, 5.74) is 0.589. The van der Waals surface area contributed by atoms with E-state index in [1.165, 1.54) is 11.8 Å². The lowest BCUT2D eigenvalue weighted by Gasteiger charge is -2.02. The Morgan fingerprint density at radius 3 is 2.89 bits per heavy atom. The number of hydrogen-bond donors (Lipinski definition) is 0. The summed E-state index contributed by atoms with van der Waals surface area (Å²) >= 11 is 9.36. The van der Waals surface area contributed by atoms with Gasteiger partial charge in [-0.3, -0.25) is 10.1 Å². The van der Waals surface area contributed by atoms with Crippen molar-refractivity contribution in [3.8, 4) is 5.69 Å². The number of rotatable bonds is 4. The topological polar surface area (TPSA) is 70.2 Å². The molecule has 2 aromatic rings. The van der Waals surface area contributed by atoms with Crippen LogP contribution in [0.25, 0.3) is 5.69 Å². The van der Waals surface area contributed by atoms with Gasteiger partial charge in [0.25, 0.3) is 0 Å². The molecule has 0 N–H and O–H groups in total. The number of aromatic nitrogens is 2. The molecule has 1 aromatic carbocycles. The third kappa shape index (κ3) is 2.78. The summed E-state index contributed by atoms with van der Waals surface area (Å²) in [5.74, 6) is 0. The lowest BCUT2D eigenvalue weighted by atomic mass is 10.3. The van der Waals surface area contributed by atoms with Crippen LogP contribution in [0.4, 0.5) is 5.69 Å². The van der Waals surface area contributed by atoms with Crippen LogP contribution >= 0.6 is 27.5 Å². The molecule has 0 aliphatic carbocycles. The molecule has 0 fully saturated rings. The Bertz CT molecular complexity index is 630. The number of nitro groups is 1. The molecule has 0 spiro atoms. The molecule has 0 atom stereocenters. The Balaban J connectivity index is 2.59. The van der Waals surface area contributed by atoms with Crippen LogP contribution in [-0.4, -0.2) is 21.8 Å². The van der Waals surface area contributed by atoms with Gasteiger partial charge in [-0.25, -0.2) is 4.68 Å². The van der Waals surface area contributed by atoms with Crippen molar-refractivity contribution in [2.24, 2.45) is 0 Å². The van der Waals surface area contributed by atoms with Gasteiger partial charge in [0.15, 0.2) is 5.69 Å². The summed E-state index contributed by atoms with van der Waals surface area (Å²) < 4.78 is 7.04. The Labute approximate surface area is 122 Å². The fourth-order valence-corrected chi connectivity index (χ4v) is 2.33. The van der Waals surface area contributed by atoms with E-state index < -0.39 is 4.92 Å². The molecular formula is C11H9BrClN3O3. The quantitative estimate of drug-likeness (QED) is 0.629. The van der Waals surface area contributed by atoms with Crippen LogP contribution in [0.2, 0.25) is 5.15 Å². The smallest absolute Gasteiger partial charge is 0.331 e. The first-order valence-electron chi connectivity index (χ1n) is 5.21. The van der Waals surface area contributed by atoms with Gasteiger partial charge >= 0.3 is 5.69 Å². The van der Waals surface area contributed by atoms with E-state index in [0.717, 1.165) is 4.47 Å². The van der Waals surface area contributed by atoms with Crippen molar-refractivity contribution in [2.45, 2.75) is 6.61 Å². The van der Waals surface area contributed by atoms with E-state index in [1.807, 2.05) is 6.07 Å². The Kier molecular flexibility index (Phi) is 4.18. The molecule has 0 unspecified atom stereocenters. The van der Waals surface area contributed by atoms with Crippen molar-refractivity contribution in [1.29, 1.82) is 0 Å². The molecule has 1 heterocycles. The van der Waals surface area contributed by atoms with Gasteiger partial charge in [-0.05, 0) is 18.2 Å². The zero-order valence-electron chi connectivity index (χ0n) is 9.84. The maximum absolute atomic E-state index is 11.0. The molecule has 100 valence electrons. The molecule has 1 aromatic heterocycles. The fraction of sp³-hybridized carbons (Fsp3) is 0.182. The minimum Gasteiger partial charge on any atom is -0.378 e. The molecule has 0 aliphatic heterocycles. The summed E-state index contributed by atoms with van der Waals surface area (Å²) in [6.45, 7) is 0.0248. The third-order valence-corrected chi connectivity index (χ3v) is 3.22. The van der Waals surface area contributed by atoms with Gasteiger partial charge in [0, 0.05) is 11.6 Å². The van der Waals surface area contributed by atoms with E-state index in [2.05, 4.69) is 21.0 Å². The van der Waals surface area contributed by atoms with E-state index in [4.69, 9.17) is 16.3 Å². The third-order valence-electron chi connectivity index (χ3n) is 2.39. The number of ether oxygens (including phenoxy) is 1. The van der Waals surface area contributed by atoms with Crippen LogP contribution in [0.1, 0.15) is 5.69 Å².